The van der Waals surface area contributed by atoms with E-state index in [1.165, 1.54) is 0 Å². The maximum absolute atomic E-state index is 12.4. The second-order valence-electron chi connectivity index (χ2n) is 3.78. The fourth-order valence-electron chi connectivity index (χ4n) is 1.70. The van der Waals surface area contributed by atoms with Crippen LogP contribution in [0.5, 0.6) is 0 Å². The number of rotatable bonds is 1. The van der Waals surface area contributed by atoms with E-state index in [0.29, 0.717) is 5.69 Å². The highest BCUT2D eigenvalue weighted by Crippen LogP contribution is 2.28. The van der Waals surface area contributed by atoms with Crippen LogP contribution in [0.3, 0.4) is 0 Å². The topological polar surface area (TPSA) is 57.4 Å². The molecule has 0 radical (unpaired) electrons. The quantitative estimate of drug-likeness (QED) is 0.699. The summed E-state index contributed by atoms with van der Waals surface area (Å²) in [6, 6.07) is 9.07. The summed E-state index contributed by atoms with van der Waals surface area (Å²) in [6.45, 7) is 0. The third-order valence-corrected chi connectivity index (χ3v) is 2.52. The molecule has 0 aliphatic rings. The molecule has 3 rings (SSSR count). The van der Waals surface area contributed by atoms with E-state index in [1.54, 1.807) is 6.07 Å². The Bertz CT molecular complexity index is 662. The molecular formula is C11H7F3N4. The van der Waals surface area contributed by atoms with Gasteiger partial charge in [-0.05, 0) is 12.1 Å². The third-order valence-electron chi connectivity index (χ3n) is 2.52. The van der Waals surface area contributed by atoms with Gasteiger partial charge in [-0.2, -0.15) is 18.3 Å². The van der Waals surface area contributed by atoms with Crippen LogP contribution in [0.25, 0.3) is 22.4 Å². The number of halogens is 3. The number of aromatic amines is 2. The summed E-state index contributed by atoms with van der Waals surface area (Å²) in [6.07, 6.45) is -4.52. The maximum atomic E-state index is 12.4. The van der Waals surface area contributed by atoms with Gasteiger partial charge >= 0.3 is 6.18 Å². The zero-order valence-corrected chi connectivity index (χ0v) is 8.92. The molecule has 18 heavy (non-hydrogen) atoms. The zero-order valence-electron chi connectivity index (χ0n) is 8.92. The van der Waals surface area contributed by atoms with Gasteiger partial charge in [0.1, 0.15) is 0 Å². The van der Waals surface area contributed by atoms with Crippen LogP contribution in [0.2, 0.25) is 0 Å². The number of fused-ring (bicyclic) bond motifs is 1. The molecule has 0 amide bonds. The van der Waals surface area contributed by atoms with Crippen LogP contribution < -0.4 is 0 Å². The average Bonchev–Trinajstić information content (AvgIpc) is 2.94. The van der Waals surface area contributed by atoms with Crippen molar-refractivity contribution in [2.24, 2.45) is 0 Å². The maximum Gasteiger partial charge on any atom is 0.451 e. The van der Waals surface area contributed by atoms with Crippen molar-refractivity contribution in [3.05, 3.63) is 36.2 Å². The van der Waals surface area contributed by atoms with Crippen molar-refractivity contribution in [2.45, 2.75) is 6.18 Å². The van der Waals surface area contributed by atoms with Gasteiger partial charge in [0, 0.05) is 10.9 Å². The Morgan fingerprint density at radius 2 is 1.89 bits per heavy atom. The molecule has 2 heterocycles. The molecule has 2 N–H and O–H groups in total. The Hall–Kier alpha value is -2.31. The minimum absolute atomic E-state index is 0.00137. The van der Waals surface area contributed by atoms with E-state index in [2.05, 4.69) is 15.1 Å². The Morgan fingerprint density at radius 1 is 1.11 bits per heavy atom. The molecule has 2 aromatic heterocycles. The van der Waals surface area contributed by atoms with Crippen LogP contribution >= 0.6 is 0 Å². The first-order valence-electron chi connectivity index (χ1n) is 5.12. The van der Waals surface area contributed by atoms with Gasteiger partial charge in [-0.25, -0.2) is 4.98 Å². The fraction of sp³-hybridized carbons (Fsp3) is 0.0909. The second kappa shape index (κ2) is 3.59. The Kier molecular flexibility index (Phi) is 2.16. The molecule has 0 aliphatic heterocycles. The highest BCUT2D eigenvalue weighted by molar-refractivity contribution is 5.84. The number of hydrogen-bond donors (Lipinski definition) is 2. The van der Waals surface area contributed by atoms with Gasteiger partial charge in [0.15, 0.2) is 5.82 Å². The van der Waals surface area contributed by atoms with Gasteiger partial charge in [0.2, 0.25) is 5.82 Å². The summed E-state index contributed by atoms with van der Waals surface area (Å²) in [5.74, 6) is -1.10. The molecule has 0 unspecified atom stereocenters. The van der Waals surface area contributed by atoms with E-state index in [4.69, 9.17) is 0 Å². The van der Waals surface area contributed by atoms with Crippen LogP contribution in [-0.4, -0.2) is 20.2 Å². The molecule has 0 fully saturated rings. The van der Waals surface area contributed by atoms with Crippen molar-refractivity contribution in [2.75, 3.05) is 0 Å². The molecule has 0 bridgehead atoms. The van der Waals surface area contributed by atoms with E-state index in [1.807, 2.05) is 29.4 Å². The summed E-state index contributed by atoms with van der Waals surface area (Å²) >= 11 is 0. The van der Waals surface area contributed by atoms with Gasteiger partial charge in [-0.15, -0.1) is 0 Å². The van der Waals surface area contributed by atoms with Gasteiger partial charge in [-0.3, -0.25) is 5.10 Å². The molecule has 7 heteroatoms. The highest BCUT2D eigenvalue weighted by atomic mass is 19.4. The first-order chi connectivity index (χ1) is 8.54. The molecule has 1 aromatic carbocycles. The first kappa shape index (κ1) is 10.8. The number of aromatic nitrogens is 4. The van der Waals surface area contributed by atoms with Gasteiger partial charge in [0.25, 0.3) is 0 Å². The highest BCUT2D eigenvalue weighted by Gasteiger charge is 2.35. The summed E-state index contributed by atoms with van der Waals surface area (Å²) in [4.78, 5) is 6.39. The molecule has 0 aliphatic carbocycles. The molecule has 4 nitrogen and oxygen atoms in total. The van der Waals surface area contributed by atoms with E-state index < -0.39 is 12.0 Å². The lowest BCUT2D eigenvalue weighted by Gasteiger charge is -1.98. The normalized spacial score (nSPS) is 12.2. The van der Waals surface area contributed by atoms with Gasteiger partial charge in [-0.1, -0.05) is 18.2 Å². The molecule has 0 saturated heterocycles. The predicted molar refractivity (Wildman–Crippen MR) is 58.7 cm³/mol. The lowest BCUT2D eigenvalue weighted by atomic mass is 10.2. The van der Waals surface area contributed by atoms with Gasteiger partial charge in [0.05, 0.1) is 5.69 Å². The zero-order chi connectivity index (χ0) is 12.8. The smallest absolute Gasteiger partial charge is 0.352 e. The molecule has 0 atom stereocenters. The summed E-state index contributed by atoms with van der Waals surface area (Å²) in [5.41, 5.74) is 1.27. The number of nitrogens with zero attached hydrogens (tertiary/aromatic N) is 2. The monoisotopic (exact) mass is 252 g/mol. The molecule has 3 aromatic rings. The minimum Gasteiger partial charge on any atom is -0.352 e. The Balaban J connectivity index is 2.06. The second-order valence-corrected chi connectivity index (χ2v) is 3.78. The summed E-state index contributed by atoms with van der Waals surface area (Å²) in [5, 5.41) is 6.34. The van der Waals surface area contributed by atoms with Crippen molar-refractivity contribution in [1.82, 2.24) is 20.2 Å². The van der Waals surface area contributed by atoms with Crippen molar-refractivity contribution >= 4 is 10.9 Å². The Labute approximate surface area is 98.9 Å². The van der Waals surface area contributed by atoms with Crippen molar-refractivity contribution in [1.29, 1.82) is 0 Å². The van der Waals surface area contributed by atoms with E-state index >= 15 is 0 Å². The molecular weight excluding hydrogens is 245 g/mol. The lowest BCUT2D eigenvalue weighted by Crippen LogP contribution is -2.07. The standard InChI is InChI=1S/C11H7F3N4/c12-11(13,14)10-16-9(17-18-10)8-5-6-3-1-2-4-7(6)15-8/h1-5,15H,(H,16,17,18). The van der Waals surface area contributed by atoms with Crippen molar-refractivity contribution < 1.29 is 13.2 Å². The molecule has 0 spiro atoms. The number of alkyl halides is 3. The first-order valence-corrected chi connectivity index (χ1v) is 5.12. The van der Waals surface area contributed by atoms with Crippen molar-refractivity contribution in [3.63, 3.8) is 0 Å². The summed E-state index contributed by atoms with van der Waals surface area (Å²) < 4.78 is 37.1. The Morgan fingerprint density at radius 3 is 2.56 bits per heavy atom. The fourth-order valence-corrected chi connectivity index (χ4v) is 1.70. The number of hydrogen-bond acceptors (Lipinski definition) is 2. The minimum atomic E-state index is -4.52. The SMILES string of the molecule is FC(F)(F)c1nc(-c2cc3ccccc3[nH]2)n[nH]1. The number of H-pyrrole nitrogens is 2. The number of benzene rings is 1. The number of nitrogens with one attached hydrogen (secondary N) is 2. The number of para-hydroxylation sites is 1. The van der Waals surface area contributed by atoms with Gasteiger partial charge < -0.3 is 4.98 Å². The van der Waals surface area contributed by atoms with Crippen LogP contribution in [0.4, 0.5) is 13.2 Å². The third kappa shape index (κ3) is 1.73. The van der Waals surface area contributed by atoms with Crippen LogP contribution in [0.1, 0.15) is 5.82 Å². The van der Waals surface area contributed by atoms with Crippen LogP contribution in [-0.2, 0) is 6.18 Å². The van der Waals surface area contributed by atoms with E-state index in [0.717, 1.165) is 10.9 Å². The van der Waals surface area contributed by atoms with Crippen LogP contribution in [0, 0.1) is 0 Å². The lowest BCUT2D eigenvalue weighted by molar-refractivity contribution is -0.144. The van der Waals surface area contributed by atoms with Crippen LogP contribution in [0.15, 0.2) is 30.3 Å². The average molecular weight is 252 g/mol. The molecule has 92 valence electrons. The van der Waals surface area contributed by atoms with E-state index in [-0.39, 0.29) is 5.82 Å². The largest absolute Gasteiger partial charge is 0.451 e. The predicted octanol–water partition coefficient (Wildman–Crippen LogP) is 2.97. The van der Waals surface area contributed by atoms with E-state index in [9.17, 15) is 13.2 Å². The summed E-state index contributed by atoms with van der Waals surface area (Å²) in [7, 11) is 0. The molecule has 0 saturated carbocycles. The van der Waals surface area contributed by atoms with Crippen molar-refractivity contribution in [3.8, 4) is 11.5 Å².